The molecule has 1 saturated heterocycles. The van der Waals surface area contributed by atoms with Crippen LogP contribution < -0.4 is 5.73 Å². The number of halogens is 1. The van der Waals surface area contributed by atoms with E-state index in [2.05, 4.69) is 23.9 Å². The number of piperidine rings is 1. The number of nitrogens with zero attached hydrogens (tertiary/aromatic N) is 2. The third kappa shape index (κ3) is 3.61. The summed E-state index contributed by atoms with van der Waals surface area (Å²) in [6.07, 6.45) is 2.48. The molecule has 1 aromatic carbocycles. The molecule has 1 heterocycles. The Balaban J connectivity index is 1.96. The zero-order valence-corrected chi connectivity index (χ0v) is 12.0. The van der Waals surface area contributed by atoms with Crippen LogP contribution in [0.1, 0.15) is 18.4 Å². The molecule has 18 heavy (non-hydrogen) atoms. The van der Waals surface area contributed by atoms with E-state index in [1.165, 1.54) is 31.5 Å². The van der Waals surface area contributed by atoms with Gasteiger partial charge < -0.3 is 10.6 Å². The van der Waals surface area contributed by atoms with Gasteiger partial charge in [0.15, 0.2) is 0 Å². The average Bonchev–Trinajstić information content (AvgIpc) is 2.28. The highest BCUT2D eigenvalue weighted by Gasteiger charge is 2.20. The van der Waals surface area contributed by atoms with E-state index < -0.39 is 0 Å². The van der Waals surface area contributed by atoms with Crippen LogP contribution in [-0.4, -0.2) is 43.0 Å². The lowest BCUT2D eigenvalue weighted by atomic mass is 10.0. The standard InChI is InChI=1S/C14H22ClN3/c1-17-5-3-14(4-6-17)18(2)10-11-7-12(15)9-13(16)8-11/h7-9,14H,3-6,10,16H2,1-2H3. The van der Waals surface area contributed by atoms with E-state index in [1.807, 2.05) is 12.1 Å². The van der Waals surface area contributed by atoms with Crippen LogP contribution in [0.2, 0.25) is 5.02 Å². The van der Waals surface area contributed by atoms with E-state index in [1.54, 1.807) is 6.07 Å². The second kappa shape index (κ2) is 5.91. The predicted molar refractivity (Wildman–Crippen MR) is 77.9 cm³/mol. The molecule has 0 radical (unpaired) electrons. The fourth-order valence-electron chi connectivity index (χ4n) is 2.62. The Morgan fingerprint density at radius 1 is 1.33 bits per heavy atom. The molecule has 1 fully saturated rings. The molecule has 0 atom stereocenters. The molecular formula is C14H22ClN3. The minimum atomic E-state index is 0.668. The monoisotopic (exact) mass is 267 g/mol. The summed E-state index contributed by atoms with van der Waals surface area (Å²) in [5.74, 6) is 0. The van der Waals surface area contributed by atoms with Crippen molar-refractivity contribution in [3.8, 4) is 0 Å². The molecule has 0 saturated carbocycles. The van der Waals surface area contributed by atoms with Gasteiger partial charge in [-0.25, -0.2) is 0 Å². The maximum Gasteiger partial charge on any atom is 0.0429 e. The van der Waals surface area contributed by atoms with Gasteiger partial charge in [-0.05, 0) is 63.8 Å². The molecule has 0 spiro atoms. The van der Waals surface area contributed by atoms with E-state index in [-0.39, 0.29) is 0 Å². The summed E-state index contributed by atoms with van der Waals surface area (Å²) in [4.78, 5) is 4.81. The summed E-state index contributed by atoms with van der Waals surface area (Å²) in [5.41, 5.74) is 7.76. The van der Waals surface area contributed by atoms with Gasteiger partial charge in [0.2, 0.25) is 0 Å². The highest BCUT2D eigenvalue weighted by molar-refractivity contribution is 6.30. The zero-order chi connectivity index (χ0) is 13.1. The molecule has 1 aliphatic heterocycles. The molecule has 0 unspecified atom stereocenters. The molecule has 4 heteroatoms. The Hall–Kier alpha value is -0.770. The van der Waals surface area contributed by atoms with Crippen LogP contribution in [-0.2, 0) is 6.54 Å². The number of nitrogens with two attached hydrogens (primary N) is 1. The number of hydrogen-bond acceptors (Lipinski definition) is 3. The van der Waals surface area contributed by atoms with E-state index in [0.717, 1.165) is 17.3 Å². The first-order valence-corrected chi connectivity index (χ1v) is 6.86. The molecule has 2 rings (SSSR count). The van der Waals surface area contributed by atoms with Crippen molar-refractivity contribution in [1.82, 2.24) is 9.80 Å². The Morgan fingerprint density at radius 3 is 2.61 bits per heavy atom. The molecule has 0 bridgehead atoms. The molecule has 0 aliphatic carbocycles. The summed E-state index contributed by atoms with van der Waals surface area (Å²) in [6, 6.07) is 6.47. The molecular weight excluding hydrogens is 246 g/mol. The molecule has 100 valence electrons. The van der Waals surface area contributed by atoms with Crippen molar-refractivity contribution >= 4 is 17.3 Å². The first kappa shape index (κ1) is 13.7. The SMILES string of the molecule is CN1CCC(N(C)Cc2cc(N)cc(Cl)c2)CC1. The molecule has 2 N–H and O–H groups in total. The second-order valence-electron chi connectivity index (χ2n) is 5.34. The lowest BCUT2D eigenvalue weighted by molar-refractivity contribution is 0.139. The van der Waals surface area contributed by atoms with Crippen molar-refractivity contribution in [2.75, 3.05) is 32.9 Å². The van der Waals surface area contributed by atoms with Gasteiger partial charge in [0.05, 0.1) is 0 Å². The summed E-state index contributed by atoms with van der Waals surface area (Å²) < 4.78 is 0. The van der Waals surface area contributed by atoms with Gasteiger partial charge in [0.1, 0.15) is 0 Å². The van der Waals surface area contributed by atoms with Crippen molar-refractivity contribution in [1.29, 1.82) is 0 Å². The zero-order valence-electron chi connectivity index (χ0n) is 11.2. The third-order valence-electron chi connectivity index (χ3n) is 3.72. The van der Waals surface area contributed by atoms with Crippen molar-refractivity contribution in [3.05, 3.63) is 28.8 Å². The number of benzene rings is 1. The van der Waals surface area contributed by atoms with Crippen LogP contribution in [0, 0.1) is 0 Å². The Bertz CT molecular complexity index is 380. The lowest BCUT2D eigenvalue weighted by Gasteiger charge is -2.35. The highest BCUT2D eigenvalue weighted by Crippen LogP contribution is 2.20. The van der Waals surface area contributed by atoms with Gasteiger partial charge >= 0.3 is 0 Å². The van der Waals surface area contributed by atoms with E-state index >= 15 is 0 Å². The molecule has 1 aromatic rings. The molecule has 0 aromatic heterocycles. The van der Waals surface area contributed by atoms with Crippen LogP contribution in [0.4, 0.5) is 5.69 Å². The van der Waals surface area contributed by atoms with Crippen molar-refractivity contribution in [3.63, 3.8) is 0 Å². The number of rotatable bonds is 3. The van der Waals surface area contributed by atoms with Gasteiger partial charge in [0.25, 0.3) is 0 Å². The predicted octanol–water partition coefficient (Wildman–Crippen LogP) is 2.45. The summed E-state index contributed by atoms with van der Waals surface area (Å²) in [5, 5.41) is 0.724. The normalized spacial score (nSPS) is 18.4. The third-order valence-corrected chi connectivity index (χ3v) is 3.94. The van der Waals surface area contributed by atoms with Crippen molar-refractivity contribution in [2.45, 2.75) is 25.4 Å². The van der Waals surface area contributed by atoms with Crippen LogP contribution in [0.15, 0.2) is 18.2 Å². The number of anilines is 1. The Morgan fingerprint density at radius 2 is 2.00 bits per heavy atom. The van der Waals surface area contributed by atoms with Crippen molar-refractivity contribution in [2.24, 2.45) is 0 Å². The fourth-order valence-corrected chi connectivity index (χ4v) is 2.89. The maximum absolute atomic E-state index is 6.03. The smallest absolute Gasteiger partial charge is 0.0429 e. The first-order chi connectivity index (χ1) is 8.54. The van der Waals surface area contributed by atoms with Crippen LogP contribution in [0.5, 0.6) is 0 Å². The Labute approximate surface area is 115 Å². The first-order valence-electron chi connectivity index (χ1n) is 6.48. The van der Waals surface area contributed by atoms with Gasteiger partial charge in [-0.2, -0.15) is 0 Å². The lowest BCUT2D eigenvalue weighted by Crippen LogP contribution is -2.41. The topological polar surface area (TPSA) is 32.5 Å². The van der Waals surface area contributed by atoms with Crippen molar-refractivity contribution < 1.29 is 0 Å². The van der Waals surface area contributed by atoms with E-state index in [4.69, 9.17) is 17.3 Å². The molecule has 3 nitrogen and oxygen atoms in total. The fraction of sp³-hybridized carbons (Fsp3) is 0.571. The average molecular weight is 268 g/mol. The summed E-state index contributed by atoms with van der Waals surface area (Å²) in [7, 11) is 4.38. The van der Waals surface area contributed by atoms with Gasteiger partial charge in [-0.1, -0.05) is 11.6 Å². The minimum Gasteiger partial charge on any atom is -0.399 e. The van der Waals surface area contributed by atoms with Gasteiger partial charge in [0, 0.05) is 23.3 Å². The molecule has 0 amide bonds. The number of likely N-dealkylation sites (tertiary alicyclic amines) is 1. The summed E-state index contributed by atoms with van der Waals surface area (Å²) >= 11 is 6.03. The second-order valence-corrected chi connectivity index (χ2v) is 5.78. The summed E-state index contributed by atoms with van der Waals surface area (Å²) in [6.45, 7) is 3.29. The van der Waals surface area contributed by atoms with E-state index in [0.29, 0.717) is 6.04 Å². The molecule has 1 aliphatic rings. The Kier molecular flexibility index (Phi) is 4.49. The number of hydrogen-bond donors (Lipinski definition) is 1. The van der Waals surface area contributed by atoms with Crippen LogP contribution in [0.3, 0.4) is 0 Å². The quantitative estimate of drug-likeness (QED) is 0.854. The highest BCUT2D eigenvalue weighted by atomic mass is 35.5. The van der Waals surface area contributed by atoms with Gasteiger partial charge in [-0.3, -0.25) is 4.90 Å². The minimum absolute atomic E-state index is 0.668. The van der Waals surface area contributed by atoms with Crippen LogP contribution >= 0.6 is 11.6 Å². The van der Waals surface area contributed by atoms with E-state index in [9.17, 15) is 0 Å². The maximum atomic E-state index is 6.03. The number of nitrogen functional groups attached to an aromatic ring is 1. The van der Waals surface area contributed by atoms with Crippen LogP contribution in [0.25, 0.3) is 0 Å². The van der Waals surface area contributed by atoms with Gasteiger partial charge in [-0.15, -0.1) is 0 Å². The largest absolute Gasteiger partial charge is 0.399 e.